The Hall–Kier alpha value is -2.93. The summed E-state index contributed by atoms with van der Waals surface area (Å²) in [4.78, 5) is 20.3. The van der Waals surface area contributed by atoms with E-state index >= 15 is 0 Å². The van der Waals surface area contributed by atoms with Gasteiger partial charge in [0.25, 0.3) is 0 Å². The Balaban J connectivity index is 1.94. The molecule has 1 N–H and O–H groups in total. The maximum Gasteiger partial charge on any atom is 0.337 e. The largest absolute Gasteiger partial charge is 0.478 e. The van der Waals surface area contributed by atoms with Crippen LogP contribution in [0.5, 0.6) is 0 Å². The van der Waals surface area contributed by atoms with Crippen LogP contribution in [-0.2, 0) is 0 Å². The van der Waals surface area contributed by atoms with Crippen LogP contribution in [0.3, 0.4) is 0 Å². The quantitative estimate of drug-likeness (QED) is 0.628. The van der Waals surface area contributed by atoms with Crippen molar-refractivity contribution in [3.63, 3.8) is 0 Å². The highest BCUT2D eigenvalue weighted by Gasteiger charge is 2.18. The molecule has 0 atom stereocenters. The van der Waals surface area contributed by atoms with Crippen molar-refractivity contribution in [2.24, 2.45) is 0 Å². The van der Waals surface area contributed by atoms with E-state index in [0.717, 1.165) is 16.6 Å². The molecule has 4 rings (SSSR count). The van der Waals surface area contributed by atoms with Crippen LogP contribution in [0, 0.1) is 6.92 Å². The van der Waals surface area contributed by atoms with E-state index in [1.807, 2.05) is 45.8 Å². The molecule has 0 saturated heterocycles. The predicted molar refractivity (Wildman–Crippen MR) is 87.3 cm³/mol. The van der Waals surface area contributed by atoms with E-state index in [9.17, 15) is 9.90 Å². The fourth-order valence-corrected chi connectivity index (χ4v) is 3.31. The van der Waals surface area contributed by atoms with Gasteiger partial charge in [0.15, 0.2) is 5.13 Å². The van der Waals surface area contributed by atoms with E-state index in [1.165, 1.54) is 11.3 Å². The summed E-state index contributed by atoms with van der Waals surface area (Å²) in [6, 6.07) is 7.14. The number of carboxylic acid groups (broad SMARTS) is 1. The Labute approximate surface area is 135 Å². The first-order chi connectivity index (χ1) is 11.1. The van der Waals surface area contributed by atoms with Crippen LogP contribution in [0.15, 0.2) is 48.2 Å². The van der Waals surface area contributed by atoms with Gasteiger partial charge in [0.2, 0.25) is 0 Å². The fourth-order valence-electron chi connectivity index (χ4n) is 2.65. The summed E-state index contributed by atoms with van der Waals surface area (Å²) in [6.45, 7) is 1.90. The van der Waals surface area contributed by atoms with Crippen molar-refractivity contribution in [3.05, 3.63) is 59.6 Å². The van der Waals surface area contributed by atoms with Crippen molar-refractivity contribution in [3.8, 4) is 16.5 Å². The summed E-state index contributed by atoms with van der Waals surface area (Å²) in [6.07, 6.45) is 5.47. The van der Waals surface area contributed by atoms with Crippen molar-refractivity contribution < 1.29 is 9.90 Å². The summed E-state index contributed by atoms with van der Waals surface area (Å²) in [7, 11) is 0. The van der Waals surface area contributed by atoms with Crippen LogP contribution in [0.25, 0.3) is 22.0 Å². The Morgan fingerprint density at radius 2 is 2.22 bits per heavy atom. The third-order valence-corrected chi connectivity index (χ3v) is 4.45. The first-order valence-electron chi connectivity index (χ1n) is 6.95. The third-order valence-electron chi connectivity index (χ3n) is 3.68. The van der Waals surface area contributed by atoms with Gasteiger partial charge >= 0.3 is 5.97 Å². The van der Waals surface area contributed by atoms with Gasteiger partial charge in [-0.2, -0.15) is 0 Å². The molecular formula is C16H12N4O2S. The molecule has 0 bridgehead atoms. The van der Waals surface area contributed by atoms with Gasteiger partial charge in [0.1, 0.15) is 11.5 Å². The van der Waals surface area contributed by atoms with Gasteiger partial charge in [-0.3, -0.25) is 4.57 Å². The first kappa shape index (κ1) is 13.7. The minimum absolute atomic E-state index is 0.266. The molecule has 6 nitrogen and oxygen atoms in total. The second kappa shape index (κ2) is 5.06. The number of aromatic carboxylic acids is 1. The van der Waals surface area contributed by atoms with Gasteiger partial charge in [-0.25, -0.2) is 14.8 Å². The second-order valence-corrected chi connectivity index (χ2v) is 5.94. The smallest absolute Gasteiger partial charge is 0.337 e. The minimum atomic E-state index is -0.948. The van der Waals surface area contributed by atoms with E-state index in [-0.39, 0.29) is 5.56 Å². The molecule has 23 heavy (non-hydrogen) atoms. The van der Waals surface area contributed by atoms with Gasteiger partial charge in [0, 0.05) is 24.0 Å². The maximum atomic E-state index is 11.5. The topological polar surface area (TPSA) is 72.4 Å². The lowest BCUT2D eigenvalue weighted by Gasteiger charge is -1.99. The Morgan fingerprint density at radius 1 is 1.35 bits per heavy atom. The van der Waals surface area contributed by atoms with Gasteiger partial charge < -0.3 is 9.51 Å². The average molecular weight is 324 g/mol. The molecular weight excluding hydrogens is 312 g/mol. The predicted octanol–water partition coefficient (Wildman–Crippen LogP) is 3.26. The third kappa shape index (κ3) is 2.13. The van der Waals surface area contributed by atoms with E-state index in [2.05, 4.69) is 9.97 Å². The summed E-state index contributed by atoms with van der Waals surface area (Å²) >= 11 is 1.52. The molecule has 0 saturated carbocycles. The Kier molecular flexibility index (Phi) is 3.02. The van der Waals surface area contributed by atoms with Gasteiger partial charge in [-0.15, -0.1) is 11.3 Å². The van der Waals surface area contributed by atoms with Crippen molar-refractivity contribution in [2.45, 2.75) is 6.92 Å². The lowest BCUT2D eigenvalue weighted by atomic mass is 10.2. The van der Waals surface area contributed by atoms with E-state index in [1.54, 1.807) is 18.3 Å². The van der Waals surface area contributed by atoms with Crippen LogP contribution < -0.4 is 0 Å². The lowest BCUT2D eigenvalue weighted by Crippen LogP contribution is -1.94. The molecule has 0 unspecified atom stereocenters. The van der Waals surface area contributed by atoms with Crippen LogP contribution in [0.1, 0.15) is 16.2 Å². The van der Waals surface area contributed by atoms with Crippen LogP contribution in [-0.4, -0.2) is 30.0 Å². The van der Waals surface area contributed by atoms with Crippen LogP contribution in [0.2, 0.25) is 0 Å². The number of aryl methyl sites for hydroxylation is 1. The van der Waals surface area contributed by atoms with E-state index < -0.39 is 5.97 Å². The van der Waals surface area contributed by atoms with Gasteiger partial charge in [-0.1, -0.05) is 6.07 Å². The fraction of sp³-hybridized carbons (Fsp3) is 0.0625. The zero-order chi connectivity index (χ0) is 16.0. The summed E-state index contributed by atoms with van der Waals surface area (Å²) < 4.78 is 3.75. The molecule has 7 heteroatoms. The molecule has 0 aliphatic carbocycles. The standard InChI is InChI=1S/C16H12N4O2S/c1-10-18-12(9-20(10)16-17-5-7-23-16)14-8-11(15(21)22)13-4-2-3-6-19(13)14/h2-9H,1H3,(H,21,22). The lowest BCUT2D eigenvalue weighted by molar-refractivity contribution is 0.0699. The number of fused-ring (bicyclic) bond motifs is 1. The van der Waals surface area contributed by atoms with Crippen molar-refractivity contribution in [1.82, 2.24) is 18.9 Å². The molecule has 0 spiro atoms. The monoisotopic (exact) mass is 324 g/mol. The molecule has 114 valence electrons. The molecule has 4 aromatic rings. The molecule has 4 aromatic heterocycles. The summed E-state index contributed by atoms with van der Waals surface area (Å²) in [5.41, 5.74) is 2.38. The maximum absolute atomic E-state index is 11.5. The number of carboxylic acids is 1. The first-order valence-corrected chi connectivity index (χ1v) is 7.83. The highest BCUT2D eigenvalue weighted by molar-refractivity contribution is 7.12. The number of carbonyl (C=O) groups is 1. The highest BCUT2D eigenvalue weighted by atomic mass is 32.1. The number of thiazole rings is 1. The number of nitrogens with zero attached hydrogens (tertiary/aromatic N) is 4. The molecule has 0 radical (unpaired) electrons. The number of rotatable bonds is 3. The van der Waals surface area contributed by atoms with Gasteiger partial charge in [0.05, 0.1) is 16.8 Å². The second-order valence-electron chi connectivity index (χ2n) is 5.06. The number of pyridine rings is 1. The van der Waals surface area contributed by atoms with Gasteiger partial charge in [-0.05, 0) is 25.1 Å². The molecule has 0 amide bonds. The molecule has 0 aliphatic rings. The average Bonchev–Trinajstić information content (AvgIpc) is 3.24. The van der Waals surface area contributed by atoms with Crippen molar-refractivity contribution in [2.75, 3.05) is 0 Å². The zero-order valence-corrected chi connectivity index (χ0v) is 13.0. The number of hydrogen-bond acceptors (Lipinski definition) is 4. The summed E-state index contributed by atoms with van der Waals surface area (Å²) in [5.74, 6) is -0.145. The van der Waals surface area contributed by atoms with Crippen LogP contribution in [0.4, 0.5) is 0 Å². The molecule has 4 heterocycles. The molecule has 0 aromatic carbocycles. The Bertz CT molecular complexity index is 1010. The highest BCUT2D eigenvalue weighted by Crippen LogP contribution is 2.27. The van der Waals surface area contributed by atoms with E-state index in [4.69, 9.17) is 0 Å². The van der Waals surface area contributed by atoms with Crippen molar-refractivity contribution in [1.29, 1.82) is 0 Å². The zero-order valence-electron chi connectivity index (χ0n) is 12.2. The number of aromatic nitrogens is 4. The normalized spacial score (nSPS) is 11.2. The minimum Gasteiger partial charge on any atom is -0.478 e. The van der Waals surface area contributed by atoms with E-state index in [0.29, 0.717) is 11.2 Å². The molecule has 0 fully saturated rings. The number of imidazole rings is 1. The summed E-state index contributed by atoms with van der Waals surface area (Å²) in [5, 5.41) is 12.1. The number of hydrogen-bond donors (Lipinski definition) is 1. The van der Waals surface area contributed by atoms with Crippen LogP contribution >= 0.6 is 11.3 Å². The Morgan fingerprint density at radius 3 is 2.96 bits per heavy atom. The SMILES string of the molecule is Cc1nc(-c2cc(C(=O)O)c3ccccn23)cn1-c1nccs1. The van der Waals surface area contributed by atoms with Crippen molar-refractivity contribution >= 4 is 22.8 Å². The molecule has 0 aliphatic heterocycles.